The summed E-state index contributed by atoms with van der Waals surface area (Å²) >= 11 is 0. The number of nitrogens with two attached hydrogens (primary N) is 1. The van der Waals surface area contributed by atoms with E-state index in [-0.39, 0.29) is 0 Å². The van der Waals surface area contributed by atoms with Gasteiger partial charge in [0.2, 0.25) is 0 Å². The van der Waals surface area contributed by atoms with Gasteiger partial charge in [0, 0.05) is 18.4 Å². The third-order valence-electron chi connectivity index (χ3n) is 2.80. The molecule has 70 valence electrons. The van der Waals surface area contributed by atoms with Crippen molar-refractivity contribution in [3.63, 3.8) is 0 Å². The first-order chi connectivity index (χ1) is 6.29. The van der Waals surface area contributed by atoms with Gasteiger partial charge in [-0.25, -0.2) is 4.59 Å². The molecule has 0 spiro atoms. The van der Waals surface area contributed by atoms with Crippen molar-refractivity contribution in [2.24, 2.45) is 5.84 Å². The molecule has 0 aromatic heterocycles. The van der Waals surface area contributed by atoms with Gasteiger partial charge in [-0.1, -0.05) is 30.3 Å². The molecule has 0 bridgehead atoms. The maximum atomic E-state index is 6.23. The molecule has 1 heterocycles. The molecule has 2 nitrogen and oxygen atoms in total. The minimum Gasteiger partial charge on any atom is -0.244 e. The van der Waals surface area contributed by atoms with Gasteiger partial charge in [0.25, 0.3) is 0 Å². The molecule has 13 heavy (non-hydrogen) atoms. The van der Waals surface area contributed by atoms with Crippen molar-refractivity contribution < 1.29 is 4.59 Å². The minimum absolute atomic E-state index is 0.740. The van der Waals surface area contributed by atoms with E-state index in [9.17, 15) is 0 Å². The third-order valence-corrected chi connectivity index (χ3v) is 2.80. The second-order valence-electron chi connectivity index (χ2n) is 4.02. The summed E-state index contributed by atoms with van der Waals surface area (Å²) < 4.78 is 0.740. The molecule has 1 aromatic rings. The molecule has 0 atom stereocenters. The summed E-state index contributed by atoms with van der Waals surface area (Å²) in [5, 5.41) is 0. The zero-order chi connectivity index (χ0) is 9.15. The molecular weight excluding hydrogens is 160 g/mol. The molecule has 1 aliphatic heterocycles. The Morgan fingerprint density at radius 1 is 1.08 bits per heavy atom. The van der Waals surface area contributed by atoms with Crippen LogP contribution in [-0.4, -0.2) is 17.7 Å². The number of benzene rings is 1. The molecule has 2 heteroatoms. The smallest absolute Gasteiger partial charge is 0.122 e. The summed E-state index contributed by atoms with van der Waals surface area (Å²) in [6.45, 7) is 3.25. The van der Waals surface area contributed by atoms with Crippen LogP contribution in [0.1, 0.15) is 18.4 Å². The van der Waals surface area contributed by atoms with Gasteiger partial charge < -0.3 is 0 Å². The highest BCUT2D eigenvalue weighted by Gasteiger charge is 2.28. The molecule has 1 saturated heterocycles. The maximum absolute atomic E-state index is 6.23. The van der Waals surface area contributed by atoms with Gasteiger partial charge in [0.05, 0.1) is 13.1 Å². The molecule has 1 aliphatic rings. The van der Waals surface area contributed by atoms with E-state index >= 15 is 0 Å². The number of likely N-dealkylation sites (tertiary alicyclic amines) is 1. The van der Waals surface area contributed by atoms with Crippen molar-refractivity contribution >= 4 is 0 Å². The Hall–Kier alpha value is -0.860. The average molecular weight is 177 g/mol. The van der Waals surface area contributed by atoms with Gasteiger partial charge in [-0.3, -0.25) is 0 Å². The normalized spacial score (nSPS) is 20.4. The van der Waals surface area contributed by atoms with E-state index < -0.39 is 0 Å². The van der Waals surface area contributed by atoms with Crippen LogP contribution in [0.5, 0.6) is 0 Å². The Kier molecular flexibility index (Phi) is 2.34. The quantitative estimate of drug-likeness (QED) is 0.539. The summed E-state index contributed by atoms with van der Waals surface area (Å²) in [6.07, 6.45) is 2.56. The van der Waals surface area contributed by atoms with Crippen LogP contribution in [0.2, 0.25) is 0 Å². The molecule has 0 aliphatic carbocycles. The first kappa shape index (κ1) is 8.73. The lowest BCUT2D eigenvalue weighted by atomic mass is 10.2. The molecular formula is C11H17N2+. The largest absolute Gasteiger partial charge is 0.244 e. The van der Waals surface area contributed by atoms with E-state index in [0.717, 1.165) is 24.2 Å². The van der Waals surface area contributed by atoms with Crippen molar-refractivity contribution in [3.05, 3.63) is 35.9 Å². The highest BCUT2D eigenvalue weighted by atomic mass is 15.6. The number of nitrogens with zero attached hydrogens (tertiary/aromatic N) is 1. The van der Waals surface area contributed by atoms with E-state index in [4.69, 9.17) is 5.84 Å². The lowest BCUT2D eigenvalue weighted by molar-refractivity contribution is -0.941. The Morgan fingerprint density at radius 2 is 1.69 bits per heavy atom. The molecule has 2 N–H and O–H groups in total. The van der Waals surface area contributed by atoms with E-state index in [0.29, 0.717) is 0 Å². The van der Waals surface area contributed by atoms with Crippen molar-refractivity contribution in [1.82, 2.24) is 0 Å². The first-order valence-corrected chi connectivity index (χ1v) is 4.97. The Labute approximate surface area is 79.5 Å². The monoisotopic (exact) mass is 177 g/mol. The summed E-state index contributed by atoms with van der Waals surface area (Å²) in [5.74, 6) is 6.23. The average Bonchev–Trinajstić information content (AvgIpc) is 2.54. The van der Waals surface area contributed by atoms with E-state index in [1.807, 2.05) is 6.07 Å². The van der Waals surface area contributed by atoms with Crippen LogP contribution in [0.4, 0.5) is 0 Å². The van der Waals surface area contributed by atoms with Gasteiger partial charge in [-0.15, -0.1) is 0 Å². The van der Waals surface area contributed by atoms with E-state index in [1.54, 1.807) is 0 Å². The SMILES string of the molecule is N[N+]1(Cc2ccccc2)CCCC1. The van der Waals surface area contributed by atoms with Crippen LogP contribution in [0, 0.1) is 0 Å². The Bertz CT molecular complexity index is 263. The van der Waals surface area contributed by atoms with Crippen LogP contribution in [0.25, 0.3) is 0 Å². The van der Waals surface area contributed by atoms with Crippen molar-refractivity contribution in [1.29, 1.82) is 0 Å². The topological polar surface area (TPSA) is 26.0 Å². The summed E-state index contributed by atoms with van der Waals surface area (Å²) in [5.41, 5.74) is 1.35. The van der Waals surface area contributed by atoms with Crippen LogP contribution in [0.15, 0.2) is 30.3 Å². The zero-order valence-electron chi connectivity index (χ0n) is 7.95. The van der Waals surface area contributed by atoms with Crippen molar-refractivity contribution in [2.75, 3.05) is 13.1 Å². The number of rotatable bonds is 2. The van der Waals surface area contributed by atoms with Gasteiger partial charge in [-0.2, -0.15) is 5.84 Å². The Morgan fingerprint density at radius 3 is 2.31 bits per heavy atom. The van der Waals surface area contributed by atoms with Gasteiger partial charge in [-0.05, 0) is 0 Å². The van der Waals surface area contributed by atoms with Crippen LogP contribution in [0.3, 0.4) is 0 Å². The molecule has 1 aromatic carbocycles. The first-order valence-electron chi connectivity index (χ1n) is 4.97. The fraction of sp³-hybridized carbons (Fsp3) is 0.455. The summed E-state index contributed by atoms with van der Waals surface area (Å²) in [6, 6.07) is 10.5. The molecule has 1 fully saturated rings. The predicted molar refractivity (Wildman–Crippen MR) is 53.6 cm³/mol. The summed E-state index contributed by atoms with van der Waals surface area (Å²) in [4.78, 5) is 0. The van der Waals surface area contributed by atoms with Crippen LogP contribution < -0.4 is 5.84 Å². The predicted octanol–water partition coefficient (Wildman–Crippen LogP) is 1.67. The fourth-order valence-electron chi connectivity index (χ4n) is 2.07. The molecule has 2 rings (SSSR count). The van der Waals surface area contributed by atoms with Gasteiger partial charge >= 0.3 is 0 Å². The fourth-order valence-corrected chi connectivity index (χ4v) is 2.07. The molecule has 0 radical (unpaired) electrons. The molecule has 0 amide bonds. The van der Waals surface area contributed by atoms with Gasteiger partial charge in [0.15, 0.2) is 0 Å². The minimum atomic E-state index is 0.740. The van der Waals surface area contributed by atoms with Crippen LogP contribution >= 0.6 is 0 Å². The number of hydrogen-bond acceptors (Lipinski definition) is 1. The highest BCUT2D eigenvalue weighted by molar-refractivity contribution is 5.13. The molecule has 0 unspecified atom stereocenters. The van der Waals surface area contributed by atoms with E-state index in [1.165, 1.54) is 18.4 Å². The maximum Gasteiger partial charge on any atom is 0.122 e. The zero-order valence-corrected chi connectivity index (χ0v) is 7.95. The summed E-state index contributed by atoms with van der Waals surface area (Å²) in [7, 11) is 0. The van der Waals surface area contributed by atoms with Crippen molar-refractivity contribution in [2.45, 2.75) is 19.4 Å². The lowest BCUT2D eigenvalue weighted by Gasteiger charge is -2.27. The van der Waals surface area contributed by atoms with Crippen LogP contribution in [-0.2, 0) is 6.54 Å². The van der Waals surface area contributed by atoms with E-state index in [2.05, 4.69) is 24.3 Å². The second-order valence-corrected chi connectivity index (χ2v) is 4.02. The number of quaternary nitrogens is 1. The molecule has 0 saturated carbocycles. The Balaban J connectivity index is 2.05. The standard InChI is InChI=1S/C11H17N2/c12-13(8-4-5-9-13)10-11-6-2-1-3-7-11/h1-3,6-7H,4-5,8-10,12H2/q+1. The highest BCUT2D eigenvalue weighted by Crippen LogP contribution is 2.17. The number of hydrogen-bond donors (Lipinski definition) is 1. The lowest BCUT2D eigenvalue weighted by Crippen LogP contribution is -2.50. The second kappa shape index (κ2) is 3.48. The van der Waals surface area contributed by atoms with Crippen molar-refractivity contribution in [3.8, 4) is 0 Å². The van der Waals surface area contributed by atoms with Gasteiger partial charge in [0.1, 0.15) is 6.54 Å². The third kappa shape index (κ3) is 2.08.